The third kappa shape index (κ3) is 4.47. The maximum atomic E-state index is 4.48. The van der Waals surface area contributed by atoms with Crippen molar-refractivity contribution >= 4 is 17.9 Å². The number of aryl methyl sites for hydroxylation is 1. The third-order valence-corrected chi connectivity index (χ3v) is 7.29. The van der Waals surface area contributed by atoms with Crippen molar-refractivity contribution < 1.29 is 0 Å². The fourth-order valence-electron chi connectivity index (χ4n) is 4.41. The summed E-state index contributed by atoms with van der Waals surface area (Å²) in [6.07, 6.45) is 6.49. The van der Waals surface area contributed by atoms with Gasteiger partial charge in [-0.05, 0) is 49.7 Å². The Morgan fingerprint density at radius 1 is 1.17 bits per heavy atom. The Kier molecular flexibility index (Phi) is 5.53. The summed E-state index contributed by atoms with van der Waals surface area (Å²) >= 11 is 0. The van der Waals surface area contributed by atoms with Gasteiger partial charge in [0.25, 0.3) is 0 Å². The minimum atomic E-state index is -0.0195. The highest BCUT2D eigenvalue weighted by atomic mass is 15.3. The van der Waals surface area contributed by atoms with Gasteiger partial charge in [-0.2, -0.15) is 5.10 Å². The third-order valence-electron chi connectivity index (χ3n) is 7.29. The van der Waals surface area contributed by atoms with E-state index in [-0.39, 0.29) is 5.54 Å². The molecule has 2 aromatic rings. The van der Waals surface area contributed by atoms with E-state index in [9.17, 15) is 0 Å². The van der Waals surface area contributed by atoms with Crippen LogP contribution in [-0.4, -0.2) is 16.5 Å². The Balaban J connectivity index is 1.66. The molecule has 1 aromatic heterocycles. The first-order valence-corrected chi connectivity index (χ1v) is 10.9. The molecule has 3 nitrogen and oxygen atoms in total. The lowest BCUT2D eigenvalue weighted by Gasteiger charge is -2.35. The maximum absolute atomic E-state index is 4.48. The predicted octanol–water partition coefficient (Wildman–Crippen LogP) is 5.47. The number of hydrogen-bond acceptors (Lipinski definition) is 2. The summed E-state index contributed by atoms with van der Waals surface area (Å²) in [6, 6.07) is 7.04. The van der Waals surface area contributed by atoms with Crippen molar-refractivity contribution in [3.63, 3.8) is 0 Å². The van der Waals surface area contributed by atoms with Gasteiger partial charge in [0.15, 0.2) is 6.71 Å². The molecule has 4 heteroatoms. The van der Waals surface area contributed by atoms with Crippen LogP contribution in [0.2, 0.25) is 12.6 Å². The molecule has 1 saturated heterocycles. The van der Waals surface area contributed by atoms with E-state index in [2.05, 4.69) is 96.8 Å². The molecule has 1 aliphatic rings. The molecule has 1 aromatic carbocycles. The van der Waals surface area contributed by atoms with Crippen molar-refractivity contribution in [2.45, 2.75) is 80.1 Å². The van der Waals surface area contributed by atoms with Crippen LogP contribution in [0.25, 0.3) is 5.70 Å². The molecule has 0 atom stereocenters. The number of nitrogens with zero attached hydrogens (tertiary/aromatic N) is 2. The molecule has 2 heterocycles. The van der Waals surface area contributed by atoms with Crippen LogP contribution in [0.5, 0.6) is 0 Å². The Hall–Kier alpha value is -1.97. The molecule has 0 amide bonds. The average Bonchev–Trinajstić information content (AvgIpc) is 3.16. The lowest BCUT2D eigenvalue weighted by Crippen LogP contribution is -2.28. The molecule has 0 aliphatic carbocycles. The quantitative estimate of drug-likeness (QED) is 0.685. The molecule has 29 heavy (non-hydrogen) atoms. The molecule has 3 rings (SSSR count). The Bertz CT molecular complexity index is 883. The van der Waals surface area contributed by atoms with Gasteiger partial charge in [-0.15, -0.1) is 0 Å². The van der Waals surface area contributed by atoms with E-state index >= 15 is 0 Å². The molecule has 1 N–H and O–H groups in total. The molecule has 156 valence electrons. The molecule has 0 radical (unpaired) electrons. The molecular formula is C25H38BN3. The topological polar surface area (TPSA) is 29.9 Å². The van der Waals surface area contributed by atoms with Crippen LogP contribution in [0.1, 0.15) is 65.2 Å². The second kappa shape index (κ2) is 7.38. The van der Waals surface area contributed by atoms with Crippen molar-refractivity contribution in [2.75, 3.05) is 0 Å². The normalized spacial score (nSPS) is 18.1. The van der Waals surface area contributed by atoms with E-state index in [1.54, 1.807) is 0 Å². The number of aromatic nitrogens is 2. The monoisotopic (exact) mass is 391 g/mol. The highest BCUT2D eigenvalue weighted by Crippen LogP contribution is 2.52. The second-order valence-corrected chi connectivity index (χ2v) is 11.2. The Labute approximate surface area is 178 Å². The van der Waals surface area contributed by atoms with Gasteiger partial charge >= 0.3 is 0 Å². The van der Waals surface area contributed by atoms with E-state index in [0.29, 0.717) is 17.5 Å². The van der Waals surface area contributed by atoms with Crippen LogP contribution in [0.3, 0.4) is 0 Å². The van der Waals surface area contributed by atoms with E-state index in [1.807, 2.05) is 10.9 Å². The maximum Gasteiger partial charge on any atom is 0.176 e. The molecule has 1 fully saturated rings. The second-order valence-electron chi connectivity index (χ2n) is 11.2. The van der Waals surface area contributed by atoms with E-state index in [4.69, 9.17) is 0 Å². The summed E-state index contributed by atoms with van der Waals surface area (Å²) < 4.78 is 1.99. The van der Waals surface area contributed by atoms with E-state index < -0.39 is 0 Å². The molecule has 0 spiro atoms. The van der Waals surface area contributed by atoms with Gasteiger partial charge in [0.05, 0.1) is 11.7 Å². The summed E-state index contributed by atoms with van der Waals surface area (Å²) in [5, 5.41) is 7.96. The van der Waals surface area contributed by atoms with Crippen LogP contribution in [-0.2, 0) is 12.1 Å². The summed E-state index contributed by atoms with van der Waals surface area (Å²) in [7, 11) is 0. The molecule has 0 saturated carbocycles. The van der Waals surface area contributed by atoms with Crippen molar-refractivity contribution in [3.05, 3.63) is 53.9 Å². The number of benzene rings is 1. The van der Waals surface area contributed by atoms with Gasteiger partial charge in [0.1, 0.15) is 0 Å². The van der Waals surface area contributed by atoms with Crippen LogP contribution in [0.4, 0.5) is 0 Å². The summed E-state index contributed by atoms with van der Waals surface area (Å²) in [5.74, 6) is 0. The zero-order valence-electron chi connectivity index (χ0n) is 19.7. The molecule has 0 unspecified atom stereocenters. The van der Waals surface area contributed by atoms with Gasteiger partial charge in [-0.1, -0.05) is 70.6 Å². The summed E-state index contributed by atoms with van der Waals surface area (Å²) in [6.45, 7) is 24.0. The number of hydrogen-bond donors (Lipinski definition) is 1. The molecule has 1 aliphatic heterocycles. The van der Waals surface area contributed by atoms with Crippen LogP contribution < -0.4 is 10.8 Å². The Morgan fingerprint density at radius 2 is 1.79 bits per heavy atom. The smallest absolute Gasteiger partial charge is 0.176 e. The van der Waals surface area contributed by atoms with Crippen molar-refractivity contribution in [3.8, 4) is 0 Å². The molecular weight excluding hydrogens is 353 g/mol. The fraction of sp³-hybridized carbons (Fsp3) is 0.560. The lowest BCUT2D eigenvalue weighted by molar-refractivity contribution is 0.177. The number of nitrogens with one attached hydrogen (secondary N) is 1. The van der Waals surface area contributed by atoms with Crippen LogP contribution >= 0.6 is 0 Å². The van der Waals surface area contributed by atoms with Crippen molar-refractivity contribution in [1.82, 2.24) is 15.1 Å². The zero-order valence-corrected chi connectivity index (χ0v) is 19.7. The summed E-state index contributed by atoms with van der Waals surface area (Å²) in [5.41, 5.74) is 6.91. The first-order chi connectivity index (χ1) is 13.3. The minimum absolute atomic E-state index is 0.0195. The van der Waals surface area contributed by atoms with Crippen molar-refractivity contribution in [2.24, 2.45) is 10.8 Å². The predicted molar refractivity (Wildman–Crippen MR) is 127 cm³/mol. The number of rotatable bonds is 5. The Morgan fingerprint density at radius 3 is 2.31 bits per heavy atom. The van der Waals surface area contributed by atoms with Gasteiger partial charge < -0.3 is 5.32 Å². The first kappa shape index (κ1) is 21.7. The molecule has 0 bridgehead atoms. The van der Waals surface area contributed by atoms with E-state index in [0.717, 1.165) is 17.8 Å². The van der Waals surface area contributed by atoms with Gasteiger partial charge in [0, 0.05) is 24.0 Å². The first-order valence-electron chi connectivity index (χ1n) is 10.9. The SMILES string of the molecule is C=C(NCc1ccc(B2CC(C)(C)C(C)(C)C2)cc1C)c1cnn(C(C)(C)C)c1. The average molecular weight is 391 g/mol. The zero-order chi connectivity index (χ0) is 21.6. The van der Waals surface area contributed by atoms with E-state index in [1.165, 1.54) is 29.2 Å². The summed E-state index contributed by atoms with van der Waals surface area (Å²) in [4.78, 5) is 0. The van der Waals surface area contributed by atoms with Crippen LogP contribution in [0.15, 0.2) is 37.2 Å². The highest BCUT2D eigenvalue weighted by Gasteiger charge is 2.48. The van der Waals surface area contributed by atoms with Gasteiger partial charge in [-0.25, -0.2) is 0 Å². The van der Waals surface area contributed by atoms with Gasteiger partial charge in [-0.3, -0.25) is 4.68 Å². The van der Waals surface area contributed by atoms with Crippen LogP contribution in [0, 0.1) is 17.8 Å². The minimum Gasteiger partial charge on any atom is -0.381 e. The fourth-order valence-corrected chi connectivity index (χ4v) is 4.41. The highest BCUT2D eigenvalue weighted by molar-refractivity contribution is 6.74. The largest absolute Gasteiger partial charge is 0.381 e. The standard InChI is InChI=1S/C25H38BN3/c1-18-12-22(26-16-24(6,7)25(8,9)17-26)11-10-20(18)13-27-19(2)21-14-28-29(15-21)23(3,4)5/h10-12,14-15,27H,2,13,16-17H2,1,3-9H3. The van der Waals surface area contributed by atoms with Gasteiger partial charge in [0.2, 0.25) is 0 Å². The lowest BCUT2D eigenvalue weighted by atomic mass is 9.42. The van der Waals surface area contributed by atoms with Crippen molar-refractivity contribution in [1.29, 1.82) is 0 Å².